The maximum Gasteiger partial charge on any atom is 0.298 e. The Labute approximate surface area is 219 Å². The second-order valence-corrected chi connectivity index (χ2v) is 10.2. The van der Waals surface area contributed by atoms with Crippen LogP contribution < -0.4 is 10.5 Å². The van der Waals surface area contributed by atoms with Crippen molar-refractivity contribution in [3.8, 4) is 16.9 Å². The minimum Gasteiger partial charge on any atom is -0.429 e. The van der Waals surface area contributed by atoms with E-state index >= 15 is 0 Å². The Morgan fingerprint density at radius 2 is 1.73 bits per heavy atom. The van der Waals surface area contributed by atoms with Crippen LogP contribution in [0, 0.1) is 0 Å². The largest absolute Gasteiger partial charge is 0.429 e. The van der Waals surface area contributed by atoms with Crippen LogP contribution in [0.4, 0.5) is 5.69 Å². The zero-order valence-electron chi connectivity index (χ0n) is 21.8. The number of nitrogen functional groups attached to an aromatic ring is 1. The monoisotopic (exact) mass is 497 g/mol. The number of anilines is 1. The van der Waals surface area contributed by atoms with Crippen LogP contribution in [0.5, 0.6) is 5.75 Å². The van der Waals surface area contributed by atoms with Gasteiger partial charge in [0.05, 0.1) is 18.9 Å². The first-order valence-corrected chi connectivity index (χ1v) is 12.6. The Morgan fingerprint density at radius 1 is 0.973 bits per heavy atom. The molecular formula is C31H35N3O3. The fourth-order valence-corrected chi connectivity index (χ4v) is 4.33. The molecule has 1 fully saturated rings. The molecule has 0 atom stereocenters. The normalized spacial score (nSPS) is 14.0. The first-order chi connectivity index (χ1) is 17.8. The van der Waals surface area contributed by atoms with E-state index in [1.54, 1.807) is 6.07 Å². The van der Waals surface area contributed by atoms with Gasteiger partial charge in [-0.1, -0.05) is 69.3 Å². The summed E-state index contributed by atoms with van der Waals surface area (Å²) in [6.07, 6.45) is 1.97. The molecule has 3 aromatic carbocycles. The van der Waals surface area contributed by atoms with Gasteiger partial charge in [-0.25, -0.2) is 0 Å². The summed E-state index contributed by atoms with van der Waals surface area (Å²) in [5, 5.41) is 2.26. The average molecular weight is 498 g/mol. The van der Waals surface area contributed by atoms with Crippen molar-refractivity contribution in [3.05, 3.63) is 90.3 Å². The zero-order chi connectivity index (χ0) is 26.3. The third-order valence-corrected chi connectivity index (χ3v) is 6.47. The molecule has 0 spiro atoms. The van der Waals surface area contributed by atoms with E-state index < -0.39 is 0 Å². The van der Waals surface area contributed by atoms with Gasteiger partial charge in [0, 0.05) is 42.5 Å². The summed E-state index contributed by atoms with van der Waals surface area (Å²) in [5.41, 5.74) is 11.5. The van der Waals surface area contributed by atoms with Crippen LogP contribution in [-0.4, -0.2) is 42.7 Å². The van der Waals surface area contributed by atoms with Crippen molar-refractivity contribution < 1.29 is 14.3 Å². The molecule has 1 aliphatic rings. The Bertz CT molecular complexity index is 1320. The van der Waals surface area contributed by atoms with Crippen molar-refractivity contribution >= 4 is 22.9 Å². The second kappa shape index (κ2) is 12.0. The summed E-state index contributed by atoms with van der Waals surface area (Å²) >= 11 is 0. The van der Waals surface area contributed by atoms with Crippen LogP contribution in [0.3, 0.4) is 0 Å². The van der Waals surface area contributed by atoms with Gasteiger partial charge < -0.3 is 15.2 Å². The Hall–Kier alpha value is -3.74. The maximum absolute atomic E-state index is 10.1. The molecular weight excluding hydrogens is 462 g/mol. The van der Waals surface area contributed by atoms with Gasteiger partial charge in [-0.2, -0.15) is 0 Å². The molecule has 1 aromatic heterocycles. The molecule has 0 radical (unpaired) electrons. The number of fused-ring (bicyclic) bond motifs is 1. The predicted octanol–water partition coefficient (Wildman–Crippen LogP) is 5.84. The van der Waals surface area contributed by atoms with E-state index in [-0.39, 0.29) is 5.41 Å². The number of hydrogen-bond donors (Lipinski definition) is 1. The third kappa shape index (κ3) is 6.94. The van der Waals surface area contributed by atoms with Gasteiger partial charge in [0.1, 0.15) is 5.75 Å². The number of benzene rings is 3. The molecule has 37 heavy (non-hydrogen) atoms. The first-order valence-electron chi connectivity index (χ1n) is 12.6. The van der Waals surface area contributed by atoms with Crippen molar-refractivity contribution in [2.24, 2.45) is 0 Å². The fourth-order valence-electron chi connectivity index (χ4n) is 4.33. The maximum atomic E-state index is 10.1. The topological polar surface area (TPSA) is 77.7 Å². The number of aromatic nitrogens is 1. The van der Waals surface area contributed by atoms with Gasteiger partial charge in [0.25, 0.3) is 6.47 Å². The van der Waals surface area contributed by atoms with E-state index in [0.29, 0.717) is 12.2 Å². The lowest BCUT2D eigenvalue weighted by Crippen LogP contribution is -2.35. The highest BCUT2D eigenvalue weighted by Crippen LogP contribution is 2.31. The van der Waals surface area contributed by atoms with E-state index in [0.717, 1.165) is 60.7 Å². The van der Waals surface area contributed by atoms with Crippen molar-refractivity contribution in [3.63, 3.8) is 0 Å². The number of nitrogens with zero attached hydrogens (tertiary/aromatic N) is 2. The number of pyridine rings is 1. The van der Waals surface area contributed by atoms with Crippen LogP contribution >= 0.6 is 0 Å². The molecule has 2 N–H and O–H groups in total. The van der Waals surface area contributed by atoms with E-state index in [1.807, 2.05) is 42.6 Å². The number of carbonyl (C=O) groups excluding carboxylic acids is 1. The number of hydrogen-bond acceptors (Lipinski definition) is 6. The van der Waals surface area contributed by atoms with E-state index in [9.17, 15) is 4.79 Å². The number of rotatable bonds is 5. The van der Waals surface area contributed by atoms with Gasteiger partial charge in [0.2, 0.25) is 0 Å². The third-order valence-electron chi connectivity index (χ3n) is 6.47. The molecule has 0 amide bonds. The molecule has 1 aliphatic heterocycles. The van der Waals surface area contributed by atoms with Crippen LogP contribution in [-0.2, 0) is 21.5 Å². The standard InChI is InChI=1S/C20H21N3O.C11H14O2/c21-20-8-7-17(18-3-1-2-4-19(18)20)15-5-6-16(22-13-15)14-23-9-11-24-12-10-23;1-11(2,3)9-5-4-6-10(7-9)13-8-12/h1-8,13H,9-12,14,21H2;4-8H,1-3H3. The molecule has 6 heteroatoms. The highest BCUT2D eigenvalue weighted by atomic mass is 16.5. The van der Waals surface area contributed by atoms with E-state index in [4.69, 9.17) is 15.2 Å². The zero-order valence-corrected chi connectivity index (χ0v) is 21.8. The highest BCUT2D eigenvalue weighted by molar-refractivity contribution is 6.02. The minimum atomic E-state index is 0.0856. The van der Waals surface area contributed by atoms with E-state index in [1.165, 1.54) is 10.9 Å². The molecule has 192 valence electrons. The van der Waals surface area contributed by atoms with Gasteiger partial charge in [-0.15, -0.1) is 0 Å². The number of ether oxygens (including phenoxy) is 2. The van der Waals surface area contributed by atoms with Crippen LogP contribution in [0.25, 0.3) is 21.9 Å². The summed E-state index contributed by atoms with van der Waals surface area (Å²) in [7, 11) is 0. The Balaban J connectivity index is 0.000000209. The summed E-state index contributed by atoms with van der Waals surface area (Å²) < 4.78 is 10.2. The quantitative estimate of drug-likeness (QED) is 0.276. The minimum absolute atomic E-state index is 0.0856. The summed E-state index contributed by atoms with van der Waals surface area (Å²) in [6.45, 7) is 11.3. The van der Waals surface area contributed by atoms with Gasteiger partial charge in [0.15, 0.2) is 0 Å². The van der Waals surface area contributed by atoms with Crippen molar-refractivity contribution in [2.75, 3.05) is 32.0 Å². The first kappa shape index (κ1) is 26.3. The lowest BCUT2D eigenvalue weighted by Gasteiger charge is -2.26. The van der Waals surface area contributed by atoms with Gasteiger partial charge in [-0.05, 0) is 46.2 Å². The molecule has 5 rings (SSSR count). The molecule has 6 nitrogen and oxygen atoms in total. The Morgan fingerprint density at radius 3 is 2.41 bits per heavy atom. The molecule has 0 aliphatic carbocycles. The van der Waals surface area contributed by atoms with Crippen molar-refractivity contribution in [1.82, 2.24) is 9.88 Å². The smallest absolute Gasteiger partial charge is 0.298 e. The van der Waals surface area contributed by atoms with Crippen LogP contribution in [0.2, 0.25) is 0 Å². The van der Waals surface area contributed by atoms with Crippen molar-refractivity contribution in [2.45, 2.75) is 32.7 Å². The lowest BCUT2D eigenvalue weighted by atomic mass is 9.87. The fraction of sp³-hybridized carbons (Fsp3) is 0.290. The van der Waals surface area contributed by atoms with Gasteiger partial charge in [-0.3, -0.25) is 14.7 Å². The number of carbonyl (C=O) groups is 1. The summed E-state index contributed by atoms with van der Waals surface area (Å²) in [5.74, 6) is 0.599. The lowest BCUT2D eigenvalue weighted by molar-refractivity contribution is -0.120. The number of morpholine rings is 1. The summed E-state index contributed by atoms with van der Waals surface area (Å²) in [4.78, 5) is 17.2. The average Bonchev–Trinajstić information content (AvgIpc) is 2.91. The summed E-state index contributed by atoms with van der Waals surface area (Å²) in [6, 6.07) is 24.1. The molecule has 4 aromatic rings. The predicted molar refractivity (Wildman–Crippen MR) is 150 cm³/mol. The van der Waals surface area contributed by atoms with Gasteiger partial charge >= 0.3 is 0 Å². The highest BCUT2D eigenvalue weighted by Gasteiger charge is 2.14. The molecule has 1 saturated heterocycles. The van der Waals surface area contributed by atoms with E-state index in [2.05, 4.69) is 61.0 Å². The molecule has 0 unspecified atom stereocenters. The number of nitrogens with two attached hydrogens (primary N) is 1. The molecule has 0 bridgehead atoms. The molecule has 2 heterocycles. The van der Waals surface area contributed by atoms with Crippen LogP contribution in [0.15, 0.2) is 79.0 Å². The van der Waals surface area contributed by atoms with Crippen molar-refractivity contribution in [1.29, 1.82) is 0 Å². The SMILES string of the molecule is CC(C)(C)c1cccc(OC=O)c1.Nc1ccc(-c2ccc(CN3CCOCC3)nc2)c2ccccc12. The van der Waals surface area contributed by atoms with Crippen LogP contribution in [0.1, 0.15) is 32.0 Å². The molecule has 0 saturated carbocycles. The Kier molecular flexibility index (Phi) is 8.54. The second-order valence-electron chi connectivity index (χ2n) is 10.2.